The van der Waals surface area contributed by atoms with Crippen molar-refractivity contribution in [3.05, 3.63) is 29.3 Å². The highest BCUT2D eigenvalue weighted by Crippen LogP contribution is 2.16. The van der Waals surface area contributed by atoms with Gasteiger partial charge in [-0.05, 0) is 37.5 Å². The van der Waals surface area contributed by atoms with Gasteiger partial charge in [0.1, 0.15) is 0 Å². The molecule has 0 aliphatic carbocycles. The fraction of sp³-hybridized carbons (Fsp3) is 0.467. The Morgan fingerprint density at radius 1 is 1.38 bits per heavy atom. The van der Waals surface area contributed by atoms with Gasteiger partial charge in [0.2, 0.25) is 5.91 Å². The molecule has 1 aromatic rings. The summed E-state index contributed by atoms with van der Waals surface area (Å²) >= 11 is 0. The van der Waals surface area contributed by atoms with Crippen LogP contribution >= 0.6 is 0 Å². The number of likely N-dealkylation sites (tertiary alicyclic amines) is 1. The number of amides is 1. The molecule has 6 nitrogen and oxygen atoms in total. The summed E-state index contributed by atoms with van der Waals surface area (Å²) in [7, 11) is 0. The van der Waals surface area contributed by atoms with Gasteiger partial charge < -0.3 is 16.2 Å². The van der Waals surface area contributed by atoms with E-state index in [1.807, 2.05) is 0 Å². The van der Waals surface area contributed by atoms with Gasteiger partial charge in [0.25, 0.3) is 0 Å². The molecule has 1 heterocycles. The van der Waals surface area contributed by atoms with Crippen molar-refractivity contribution in [3.8, 4) is 0 Å². The van der Waals surface area contributed by atoms with Crippen molar-refractivity contribution in [2.45, 2.75) is 25.8 Å². The topological polar surface area (TPSA) is 95.7 Å². The number of nitrogens with two attached hydrogens (primary N) is 1. The molecule has 6 heteroatoms. The Hall–Kier alpha value is -1.92. The first kappa shape index (κ1) is 15.5. The fourth-order valence-corrected chi connectivity index (χ4v) is 2.44. The molecule has 0 spiro atoms. The van der Waals surface area contributed by atoms with Gasteiger partial charge in [-0.3, -0.25) is 9.69 Å². The van der Waals surface area contributed by atoms with Gasteiger partial charge in [-0.1, -0.05) is 6.07 Å². The minimum absolute atomic E-state index is 0.134. The minimum atomic E-state index is -0.992. The Morgan fingerprint density at radius 2 is 2.05 bits per heavy atom. The van der Waals surface area contributed by atoms with Gasteiger partial charge in [-0.25, -0.2) is 4.79 Å². The Balaban J connectivity index is 1.93. The molecule has 1 aromatic carbocycles. The molecule has 0 aromatic heterocycles. The summed E-state index contributed by atoms with van der Waals surface area (Å²) in [5, 5.41) is 11.8. The maximum atomic E-state index is 12.0. The van der Waals surface area contributed by atoms with E-state index in [4.69, 9.17) is 10.8 Å². The second kappa shape index (κ2) is 6.69. The van der Waals surface area contributed by atoms with Crippen LogP contribution in [0.4, 0.5) is 5.69 Å². The molecule has 0 atom stereocenters. The Labute approximate surface area is 123 Å². The number of anilines is 1. The number of rotatable bonds is 4. The predicted octanol–water partition coefficient (Wildman–Crippen LogP) is 1.05. The zero-order valence-corrected chi connectivity index (χ0v) is 12.1. The van der Waals surface area contributed by atoms with Crippen molar-refractivity contribution in [2.24, 2.45) is 5.73 Å². The van der Waals surface area contributed by atoms with Crippen molar-refractivity contribution in [1.29, 1.82) is 0 Å². The summed E-state index contributed by atoms with van der Waals surface area (Å²) in [6.07, 6.45) is 1.81. The number of aryl methyl sites for hydroxylation is 1. The van der Waals surface area contributed by atoms with Crippen LogP contribution in [0.5, 0.6) is 0 Å². The van der Waals surface area contributed by atoms with E-state index in [0.29, 0.717) is 17.8 Å². The Kier molecular flexibility index (Phi) is 4.93. The summed E-state index contributed by atoms with van der Waals surface area (Å²) in [5.41, 5.74) is 7.22. The number of nitrogens with one attached hydrogen (secondary N) is 1. The Morgan fingerprint density at radius 3 is 2.67 bits per heavy atom. The maximum Gasteiger partial charge on any atom is 0.336 e. The standard InChI is InChI=1S/C15H21N3O3/c1-10-2-3-12(8-13(10)15(20)21)17-14(19)9-18-6-4-11(16)5-7-18/h2-3,8,11H,4-7,9,16H2,1H3,(H,17,19)(H,20,21). The molecule has 1 amide bonds. The smallest absolute Gasteiger partial charge is 0.336 e. The van der Waals surface area contributed by atoms with Gasteiger partial charge >= 0.3 is 5.97 Å². The average molecular weight is 291 g/mol. The molecular formula is C15H21N3O3. The van der Waals surface area contributed by atoms with Crippen molar-refractivity contribution in [2.75, 3.05) is 25.0 Å². The maximum absolute atomic E-state index is 12.0. The number of carboxylic acids is 1. The number of aromatic carboxylic acids is 1. The Bertz CT molecular complexity index is 537. The molecule has 1 saturated heterocycles. The summed E-state index contributed by atoms with van der Waals surface area (Å²) in [6, 6.07) is 5.13. The second-order valence-electron chi connectivity index (χ2n) is 5.50. The summed E-state index contributed by atoms with van der Waals surface area (Å²) in [4.78, 5) is 25.1. The number of hydrogen-bond donors (Lipinski definition) is 3. The lowest BCUT2D eigenvalue weighted by molar-refractivity contribution is -0.117. The van der Waals surface area contributed by atoms with Crippen LogP contribution in [-0.2, 0) is 4.79 Å². The van der Waals surface area contributed by atoms with Gasteiger partial charge in [0.15, 0.2) is 0 Å². The zero-order chi connectivity index (χ0) is 15.4. The third-order valence-corrected chi connectivity index (χ3v) is 3.75. The van der Waals surface area contributed by atoms with Gasteiger partial charge in [0.05, 0.1) is 12.1 Å². The van der Waals surface area contributed by atoms with Crippen LogP contribution in [0.25, 0.3) is 0 Å². The lowest BCUT2D eigenvalue weighted by Crippen LogP contribution is -2.43. The average Bonchev–Trinajstić information content (AvgIpc) is 2.43. The molecule has 0 bridgehead atoms. The second-order valence-corrected chi connectivity index (χ2v) is 5.50. The van der Waals surface area contributed by atoms with Crippen LogP contribution in [0, 0.1) is 6.92 Å². The van der Waals surface area contributed by atoms with E-state index in [9.17, 15) is 9.59 Å². The van der Waals surface area contributed by atoms with E-state index < -0.39 is 5.97 Å². The van der Waals surface area contributed by atoms with Crippen LogP contribution in [0.3, 0.4) is 0 Å². The number of nitrogens with zero attached hydrogens (tertiary/aromatic N) is 1. The highest BCUT2D eigenvalue weighted by Gasteiger charge is 2.18. The molecule has 1 aliphatic rings. The highest BCUT2D eigenvalue weighted by atomic mass is 16.4. The lowest BCUT2D eigenvalue weighted by Gasteiger charge is -2.29. The molecule has 2 rings (SSSR count). The van der Waals surface area contributed by atoms with Gasteiger partial charge in [-0.2, -0.15) is 0 Å². The first-order chi connectivity index (χ1) is 9.95. The first-order valence-electron chi connectivity index (χ1n) is 7.07. The molecule has 0 saturated carbocycles. The van der Waals surface area contributed by atoms with Crippen LogP contribution in [0.2, 0.25) is 0 Å². The number of carbonyl (C=O) groups is 2. The van der Waals surface area contributed by atoms with Gasteiger partial charge in [-0.15, -0.1) is 0 Å². The van der Waals surface area contributed by atoms with Crippen LogP contribution in [-0.4, -0.2) is 47.6 Å². The first-order valence-corrected chi connectivity index (χ1v) is 7.07. The SMILES string of the molecule is Cc1ccc(NC(=O)CN2CCC(N)CC2)cc1C(=O)O. The lowest BCUT2D eigenvalue weighted by atomic mass is 10.1. The van der Waals surface area contributed by atoms with Crippen molar-refractivity contribution >= 4 is 17.6 Å². The largest absolute Gasteiger partial charge is 0.478 e. The summed E-state index contributed by atoms with van der Waals surface area (Å²) in [5.74, 6) is -1.13. The van der Waals surface area contributed by atoms with Crippen LogP contribution < -0.4 is 11.1 Å². The van der Waals surface area contributed by atoms with E-state index in [0.717, 1.165) is 25.9 Å². The quantitative estimate of drug-likeness (QED) is 0.771. The van der Waals surface area contributed by atoms with Crippen molar-refractivity contribution in [1.82, 2.24) is 4.90 Å². The predicted molar refractivity (Wildman–Crippen MR) is 80.4 cm³/mol. The molecule has 4 N–H and O–H groups in total. The van der Waals surface area contributed by atoms with E-state index in [-0.39, 0.29) is 17.5 Å². The molecule has 21 heavy (non-hydrogen) atoms. The molecule has 114 valence electrons. The van der Waals surface area contributed by atoms with Crippen molar-refractivity contribution in [3.63, 3.8) is 0 Å². The minimum Gasteiger partial charge on any atom is -0.478 e. The number of piperidine rings is 1. The highest BCUT2D eigenvalue weighted by molar-refractivity contribution is 5.95. The monoisotopic (exact) mass is 291 g/mol. The normalized spacial score (nSPS) is 16.7. The zero-order valence-electron chi connectivity index (χ0n) is 12.1. The van der Waals surface area contributed by atoms with E-state index in [2.05, 4.69) is 10.2 Å². The summed E-state index contributed by atoms with van der Waals surface area (Å²) < 4.78 is 0. The van der Waals surface area contributed by atoms with Gasteiger partial charge in [0, 0.05) is 24.8 Å². The van der Waals surface area contributed by atoms with E-state index >= 15 is 0 Å². The number of carbonyl (C=O) groups excluding carboxylic acids is 1. The van der Waals surface area contributed by atoms with Crippen molar-refractivity contribution < 1.29 is 14.7 Å². The van der Waals surface area contributed by atoms with E-state index in [1.165, 1.54) is 6.07 Å². The fourth-order valence-electron chi connectivity index (χ4n) is 2.44. The van der Waals surface area contributed by atoms with E-state index in [1.54, 1.807) is 19.1 Å². The van der Waals surface area contributed by atoms with Crippen LogP contribution in [0.1, 0.15) is 28.8 Å². The summed E-state index contributed by atoms with van der Waals surface area (Å²) in [6.45, 7) is 3.68. The van der Waals surface area contributed by atoms with Crippen LogP contribution in [0.15, 0.2) is 18.2 Å². The number of hydrogen-bond acceptors (Lipinski definition) is 4. The number of carboxylic acid groups (broad SMARTS) is 1. The number of benzene rings is 1. The molecular weight excluding hydrogens is 270 g/mol. The molecule has 1 aliphatic heterocycles. The third kappa shape index (κ3) is 4.27. The third-order valence-electron chi connectivity index (χ3n) is 3.75. The molecule has 1 fully saturated rings. The molecule has 0 unspecified atom stereocenters. The molecule has 0 radical (unpaired) electrons.